The fourth-order valence-corrected chi connectivity index (χ4v) is 5.02. The maximum Gasteiger partial charge on any atom is 0.243 e. The smallest absolute Gasteiger partial charge is 0.243 e. The number of amides is 2. The van der Waals surface area contributed by atoms with Gasteiger partial charge in [0.2, 0.25) is 11.8 Å². The number of carbonyl (C=O) groups excluding carboxylic acids is 2. The molecule has 3 unspecified atom stereocenters. The molecule has 1 aliphatic rings. The number of rotatable bonds is 9. The van der Waals surface area contributed by atoms with Crippen LogP contribution in [-0.2, 0) is 22.7 Å². The second kappa shape index (κ2) is 10.6. The Morgan fingerprint density at radius 3 is 2.40 bits per heavy atom. The summed E-state index contributed by atoms with van der Waals surface area (Å²) >= 11 is 0. The van der Waals surface area contributed by atoms with Gasteiger partial charge in [0.15, 0.2) is 0 Å². The summed E-state index contributed by atoms with van der Waals surface area (Å²) in [7, 11) is 0. The Kier molecular flexibility index (Phi) is 7.53. The van der Waals surface area contributed by atoms with Crippen molar-refractivity contribution < 1.29 is 14.0 Å². The molecule has 1 aromatic heterocycles. The van der Waals surface area contributed by atoms with Crippen molar-refractivity contribution >= 4 is 22.8 Å². The van der Waals surface area contributed by atoms with Crippen LogP contribution in [0.5, 0.6) is 0 Å². The van der Waals surface area contributed by atoms with Crippen LogP contribution in [0.25, 0.3) is 11.0 Å². The zero-order valence-corrected chi connectivity index (χ0v) is 21.1. The molecule has 1 saturated heterocycles. The molecule has 0 radical (unpaired) electrons. The van der Waals surface area contributed by atoms with E-state index in [0.717, 1.165) is 35.3 Å². The predicted molar refractivity (Wildman–Crippen MR) is 135 cm³/mol. The summed E-state index contributed by atoms with van der Waals surface area (Å²) < 4.78 is 15.3. The van der Waals surface area contributed by atoms with Crippen LogP contribution in [0.1, 0.15) is 64.3 Å². The Labute approximate surface area is 206 Å². The molecule has 0 spiro atoms. The van der Waals surface area contributed by atoms with E-state index in [-0.39, 0.29) is 42.2 Å². The standard InChI is InChI=1S/C28H35FN4O2/c1-5-19(3)33(20(4)6-2)27(35)18-32-25-10-8-7-9-24(25)30-28(32)22-15-26(34)31(17-22)16-21-11-13-23(29)14-12-21/h7-14,19-20,22H,5-6,15-18H2,1-4H3. The van der Waals surface area contributed by atoms with Crippen molar-refractivity contribution in [3.8, 4) is 0 Å². The van der Waals surface area contributed by atoms with Gasteiger partial charge in [-0.1, -0.05) is 38.1 Å². The Morgan fingerprint density at radius 1 is 1.09 bits per heavy atom. The summed E-state index contributed by atoms with van der Waals surface area (Å²) in [6.07, 6.45) is 2.13. The molecule has 35 heavy (non-hydrogen) atoms. The Balaban J connectivity index is 1.62. The van der Waals surface area contributed by atoms with Crippen LogP contribution in [0.3, 0.4) is 0 Å². The van der Waals surface area contributed by atoms with E-state index in [1.165, 1.54) is 12.1 Å². The molecule has 2 amide bonds. The third-order valence-corrected chi connectivity index (χ3v) is 7.26. The number of para-hydroxylation sites is 2. The summed E-state index contributed by atoms with van der Waals surface area (Å²) in [6.45, 7) is 9.56. The van der Waals surface area contributed by atoms with Crippen molar-refractivity contribution in [2.45, 2.75) is 78.0 Å². The van der Waals surface area contributed by atoms with E-state index in [0.29, 0.717) is 19.5 Å². The lowest BCUT2D eigenvalue weighted by atomic mass is 10.1. The third kappa shape index (κ3) is 5.24. The lowest BCUT2D eigenvalue weighted by Crippen LogP contribution is -2.46. The van der Waals surface area contributed by atoms with Crippen molar-refractivity contribution in [1.82, 2.24) is 19.4 Å². The number of hydrogen-bond donors (Lipinski definition) is 0. The lowest BCUT2D eigenvalue weighted by Gasteiger charge is -2.34. The minimum absolute atomic E-state index is 0.0464. The third-order valence-electron chi connectivity index (χ3n) is 7.26. The molecule has 0 saturated carbocycles. The highest BCUT2D eigenvalue weighted by atomic mass is 19.1. The van der Waals surface area contributed by atoms with Crippen LogP contribution in [-0.4, -0.2) is 49.8 Å². The average molecular weight is 479 g/mol. The molecule has 7 heteroatoms. The number of likely N-dealkylation sites (tertiary alicyclic amines) is 1. The minimum Gasteiger partial charge on any atom is -0.338 e. The Morgan fingerprint density at radius 2 is 1.74 bits per heavy atom. The van der Waals surface area contributed by atoms with E-state index in [9.17, 15) is 14.0 Å². The number of halogens is 1. The molecule has 4 rings (SSSR count). The number of fused-ring (bicyclic) bond motifs is 1. The first-order valence-corrected chi connectivity index (χ1v) is 12.6. The largest absolute Gasteiger partial charge is 0.338 e. The van der Waals surface area contributed by atoms with Crippen LogP contribution in [0.15, 0.2) is 48.5 Å². The van der Waals surface area contributed by atoms with Crippen LogP contribution >= 0.6 is 0 Å². The summed E-state index contributed by atoms with van der Waals surface area (Å²) in [6, 6.07) is 14.4. The van der Waals surface area contributed by atoms with Crippen LogP contribution in [0.4, 0.5) is 4.39 Å². The first kappa shape index (κ1) is 24.9. The SMILES string of the molecule is CCC(C)N(C(=O)Cn1c(C2CC(=O)N(Cc3ccc(F)cc3)C2)nc2ccccc21)C(C)CC. The predicted octanol–water partition coefficient (Wildman–Crippen LogP) is 5.12. The number of aromatic nitrogens is 2. The van der Waals surface area contributed by atoms with Crippen LogP contribution in [0, 0.1) is 5.82 Å². The van der Waals surface area contributed by atoms with Gasteiger partial charge in [0.1, 0.15) is 18.2 Å². The molecule has 6 nitrogen and oxygen atoms in total. The highest BCUT2D eigenvalue weighted by Gasteiger charge is 2.35. The van der Waals surface area contributed by atoms with Crippen LogP contribution < -0.4 is 0 Å². The number of nitrogens with zero attached hydrogens (tertiary/aromatic N) is 4. The molecule has 0 bridgehead atoms. The van der Waals surface area contributed by atoms with Crippen LogP contribution in [0.2, 0.25) is 0 Å². The van der Waals surface area contributed by atoms with Gasteiger partial charge >= 0.3 is 0 Å². The summed E-state index contributed by atoms with van der Waals surface area (Å²) in [5.41, 5.74) is 2.63. The van der Waals surface area contributed by atoms with Gasteiger partial charge in [0.25, 0.3) is 0 Å². The van der Waals surface area contributed by atoms with E-state index in [1.807, 2.05) is 33.7 Å². The molecular formula is C28H35FN4O2. The number of hydrogen-bond acceptors (Lipinski definition) is 3. The fraction of sp³-hybridized carbons (Fsp3) is 0.464. The molecule has 0 N–H and O–H groups in total. The molecule has 1 aliphatic heterocycles. The van der Waals surface area contributed by atoms with E-state index >= 15 is 0 Å². The first-order valence-electron chi connectivity index (χ1n) is 12.6. The fourth-order valence-electron chi connectivity index (χ4n) is 5.02. The maximum atomic E-state index is 13.6. The molecular weight excluding hydrogens is 443 g/mol. The van der Waals surface area contributed by atoms with Crippen molar-refractivity contribution in [3.05, 3.63) is 65.7 Å². The first-order chi connectivity index (χ1) is 16.8. The molecule has 186 valence electrons. The minimum atomic E-state index is -0.290. The Hall–Kier alpha value is -3.22. The van der Waals surface area contributed by atoms with Crippen molar-refractivity contribution in [3.63, 3.8) is 0 Å². The van der Waals surface area contributed by atoms with E-state index in [4.69, 9.17) is 4.98 Å². The van der Waals surface area contributed by atoms with Gasteiger partial charge in [-0.3, -0.25) is 9.59 Å². The van der Waals surface area contributed by atoms with Gasteiger partial charge < -0.3 is 14.4 Å². The quantitative estimate of drug-likeness (QED) is 0.429. The normalized spacial score (nSPS) is 17.7. The molecule has 3 aromatic rings. The van der Waals surface area contributed by atoms with Gasteiger partial charge in [0, 0.05) is 37.5 Å². The van der Waals surface area contributed by atoms with E-state index in [1.54, 1.807) is 17.0 Å². The highest BCUT2D eigenvalue weighted by Crippen LogP contribution is 2.31. The zero-order chi connectivity index (χ0) is 25.1. The molecule has 0 aliphatic carbocycles. The number of benzene rings is 2. The maximum absolute atomic E-state index is 13.6. The van der Waals surface area contributed by atoms with Crippen molar-refractivity contribution in [2.75, 3.05) is 6.54 Å². The average Bonchev–Trinajstić information content (AvgIpc) is 3.40. The van der Waals surface area contributed by atoms with Gasteiger partial charge in [-0.25, -0.2) is 9.37 Å². The second-order valence-electron chi connectivity index (χ2n) is 9.66. The van der Waals surface area contributed by atoms with Gasteiger partial charge in [-0.2, -0.15) is 0 Å². The summed E-state index contributed by atoms with van der Waals surface area (Å²) in [4.78, 5) is 35.2. The second-order valence-corrected chi connectivity index (χ2v) is 9.66. The zero-order valence-electron chi connectivity index (χ0n) is 21.1. The molecule has 1 fully saturated rings. The van der Waals surface area contributed by atoms with Gasteiger partial charge in [-0.05, 0) is 56.5 Å². The topological polar surface area (TPSA) is 58.4 Å². The molecule has 2 heterocycles. The van der Waals surface area contributed by atoms with E-state index < -0.39 is 0 Å². The van der Waals surface area contributed by atoms with Crippen molar-refractivity contribution in [2.24, 2.45) is 0 Å². The molecule has 3 atom stereocenters. The number of carbonyl (C=O) groups is 2. The van der Waals surface area contributed by atoms with E-state index in [2.05, 4.69) is 27.7 Å². The van der Waals surface area contributed by atoms with Gasteiger partial charge in [-0.15, -0.1) is 0 Å². The summed E-state index contributed by atoms with van der Waals surface area (Å²) in [5, 5.41) is 0. The number of imidazole rings is 1. The monoisotopic (exact) mass is 478 g/mol. The van der Waals surface area contributed by atoms with Crippen molar-refractivity contribution in [1.29, 1.82) is 0 Å². The Bertz CT molecular complexity index is 1180. The van der Waals surface area contributed by atoms with Gasteiger partial charge in [0.05, 0.1) is 11.0 Å². The molecule has 2 aromatic carbocycles. The highest BCUT2D eigenvalue weighted by molar-refractivity contribution is 5.83. The summed E-state index contributed by atoms with van der Waals surface area (Å²) in [5.74, 6) is 0.504. The lowest BCUT2D eigenvalue weighted by molar-refractivity contribution is -0.136.